The Balaban J connectivity index is 1.45. The predicted molar refractivity (Wildman–Crippen MR) is 134 cm³/mol. The normalized spacial score (nSPS) is 28.9. The highest BCUT2D eigenvalue weighted by molar-refractivity contribution is 5.89. The predicted octanol–water partition coefficient (Wildman–Crippen LogP) is 5.28. The van der Waals surface area contributed by atoms with Crippen molar-refractivity contribution in [2.75, 3.05) is 13.2 Å². The molecule has 2 aliphatic carbocycles. The number of fused-ring (bicyclic) bond motifs is 2. The molecule has 5 rings (SSSR count). The molecule has 0 radical (unpaired) electrons. The highest BCUT2D eigenvalue weighted by Gasteiger charge is 2.58. The van der Waals surface area contributed by atoms with E-state index in [4.69, 9.17) is 4.74 Å². The van der Waals surface area contributed by atoms with Gasteiger partial charge in [-0.3, -0.25) is 14.3 Å². The summed E-state index contributed by atoms with van der Waals surface area (Å²) in [4.78, 5) is 33.4. The van der Waals surface area contributed by atoms with Crippen molar-refractivity contribution in [3.8, 4) is 0 Å². The number of rotatable bonds is 4. The number of carbonyl (C=O) groups excluding carboxylic acids is 1. The molecular weight excluding hydrogens is 426 g/mol. The molecule has 1 aromatic heterocycles. The van der Waals surface area contributed by atoms with E-state index in [1.54, 1.807) is 6.92 Å². The summed E-state index contributed by atoms with van der Waals surface area (Å²) in [6, 6.07) is 8.91. The van der Waals surface area contributed by atoms with E-state index in [0.717, 1.165) is 24.9 Å². The van der Waals surface area contributed by atoms with Gasteiger partial charge >= 0.3 is 5.97 Å². The topological polar surface area (TPSA) is 64.4 Å². The highest BCUT2D eigenvalue weighted by Crippen LogP contribution is 2.54. The molecule has 184 valence electrons. The minimum atomic E-state index is -0.624. The van der Waals surface area contributed by atoms with E-state index in [1.165, 1.54) is 57.8 Å². The summed E-state index contributed by atoms with van der Waals surface area (Å²) in [7, 11) is 0. The lowest BCUT2D eigenvalue weighted by Crippen LogP contribution is -2.62. The number of aromatic nitrogens is 2. The van der Waals surface area contributed by atoms with Crippen LogP contribution in [0.1, 0.15) is 95.0 Å². The SMILES string of the molecule is CCOC(=O)c1nc2ccccc2n([C@@]2(C)C[C@@H]3C2CCN3C2CCCCCCCCC2)c1=O. The van der Waals surface area contributed by atoms with Crippen LogP contribution in [0.5, 0.6) is 0 Å². The van der Waals surface area contributed by atoms with Crippen molar-refractivity contribution in [1.82, 2.24) is 14.5 Å². The van der Waals surface area contributed by atoms with Gasteiger partial charge in [-0.15, -0.1) is 0 Å². The van der Waals surface area contributed by atoms with Crippen molar-refractivity contribution in [1.29, 1.82) is 0 Å². The molecule has 3 fully saturated rings. The van der Waals surface area contributed by atoms with Gasteiger partial charge in [-0.1, -0.05) is 57.1 Å². The first-order valence-corrected chi connectivity index (χ1v) is 13.5. The van der Waals surface area contributed by atoms with Crippen LogP contribution in [0.2, 0.25) is 0 Å². The third kappa shape index (κ3) is 4.08. The Bertz CT molecular complexity index is 1090. The maximum atomic E-state index is 13.7. The van der Waals surface area contributed by atoms with Crippen LogP contribution < -0.4 is 5.56 Å². The number of likely N-dealkylation sites (tertiary alicyclic amines) is 1. The summed E-state index contributed by atoms with van der Waals surface area (Å²) < 4.78 is 7.07. The van der Waals surface area contributed by atoms with Crippen LogP contribution >= 0.6 is 0 Å². The molecule has 6 heteroatoms. The second-order valence-electron chi connectivity index (χ2n) is 10.8. The molecule has 2 heterocycles. The average Bonchev–Trinajstić information content (AvgIpc) is 3.20. The van der Waals surface area contributed by atoms with Gasteiger partial charge in [-0.25, -0.2) is 9.78 Å². The number of para-hydroxylation sites is 2. The smallest absolute Gasteiger partial charge is 0.362 e. The Kier molecular flexibility index (Phi) is 6.79. The number of nitrogens with zero attached hydrogens (tertiary/aromatic N) is 3. The summed E-state index contributed by atoms with van der Waals surface area (Å²) >= 11 is 0. The van der Waals surface area contributed by atoms with Gasteiger partial charge in [0.15, 0.2) is 0 Å². The summed E-state index contributed by atoms with van der Waals surface area (Å²) in [6.45, 7) is 5.32. The molecule has 1 saturated heterocycles. The Morgan fingerprint density at radius 3 is 2.44 bits per heavy atom. The number of carbonyl (C=O) groups is 1. The van der Waals surface area contributed by atoms with Crippen LogP contribution in [0.15, 0.2) is 29.1 Å². The van der Waals surface area contributed by atoms with Crippen LogP contribution in [0.4, 0.5) is 0 Å². The molecule has 0 bridgehead atoms. The number of hydrogen-bond donors (Lipinski definition) is 0. The molecule has 0 spiro atoms. The standard InChI is InChI=1S/C28H39N3O3/c1-3-34-27(33)25-26(32)31(23-16-12-11-15-22(23)29-25)28(2)19-24-21(28)17-18-30(24)20-13-9-7-5-4-6-8-10-14-20/h11-12,15-16,20-21,24H,3-10,13-14,17-19H2,1-2H3/t21?,24-,28+/m1/s1. The second kappa shape index (κ2) is 9.80. The third-order valence-electron chi connectivity index (χ3n) is 8.79. The molecule has 1 aromatic carbocycles. The van der Waals surface area contributed by atoms with Crippen LogP contribution in [-0.2, 0) is 10.3 Å². The zero-order chi connectivity index (χ0) is 23.7. The van der Waals surface area contributed by atoms with Crippen molar-refractivity contribution >= 4 is 17.0 Å². The summed E-state index contributed by atoms with van der Waals surface area (Å²) in [5.74, 6) is -0.206. The Morgan fingerprint density at radius 2 is 1.74 bits per heavy atom. The van der Waals surface area contributed by atoms with Gasteiger partial charge in [0.2, 0.25) is 5.69 Å². The number of esters is 1. The lowest BCUT2D eigenvalue weighted by Gasteiger charge is -2.54. The fourth-order valence-electron chi connectivity index (χ4n) is 7.08. The van der Waals surface area contributed by atoms with E-state index in [0.29, 0.717) is 23.5 Å². The Labute approximate surface area is 202 Å². The zero-order valence-electron chi connectivity index (χ0n) is 20.8. The first kappa shape index (κ1) is 23.5. The summed E-state index contributed by atoms with van der Waals surface area (Å²) in [6.07, 6.45) is 14.3. The third-order valence-corrected chi connectivity index (χ3v) is 8.79. The fraction of sp³-hybridized carbons (Fsp3) is 0.679. The first-order chi connectivity index (χ1) is 16.5. The maximum absolute atomic E-state index is 13.7. The lowest BCUT2D eigenvalue weighted by molar-refractivity contribution is -0.0204. The Morgan fingerprint density at radius 1 is 1.06 bits per heavy atom. The molecule has 1 aliphatic heterocycles. The van der Waals surface area contributed by atoms with Gasteiger partial charge in [0.1, 0.15) is 0 Å². The van der Waals surface area contributed by atoms with Crippen molar-refractivity contribution < 1.29 is 9.53 Å². The van der Waals surface area contributed by atoms with Gasteiger partial charge < -0.3 is 4.74 Å². The van der Waals surface area contributed by atoms with Gasteiger partial charge in [0.05, 0.1) is 23.2 Å². The molecular formula is C28H39N3O3. The van der Waals surface area contributed by atoms with Crippen LogP contribution in [0.3, 0.4) is 0 Å². The molecule has 2 saturated carbocycles. The van der Waals surface area contributed by atoms with E-state index in [2.05, 4.69) is 16.8 Å². The van der Waals surface area contributed by atoms with Gasteiger partial charge in [-0.2, -0.15) is 0 Å². The molecule has 2 aromatic rings. The average molecular weight is 466 g/mol. The number of ether oxygens (including phenoxy) is 1. The Hall–Kier alpha value is -2.21. The van der Waals surface area contributed by atoms with Crippen LogP contribution in [-0.4, -0.2) is 45.7 Å². The minimum absolute atomic E-state index is 0.0904. The fourth-order valence-corrected chi connectivity index (χ4v) is 7.08. The lowest BCUT2D eigenvalue weighted by atomic mass is 9.63. The molecule has 3 aliphatic rings. The van der Waals surface area contributed by atoms with E-state index >= 15 is 0 Å². The van der Waals surface area contributed by atoms with Crippen molar-refractivity contribution in [3.63, 3.8) is 0 Å². The van der Waals surface area contributed by atoms with E-state index in [9.17, 15) is 9.59 Å². The van der Waals surface area contributed by atoms with Crippen LogP contribution in [0.25, 0.3) is 11.0 Å². The molecule has 6 nitrogen and oxygen atoms in total. The van der Waals surface area contributed by atoms with Gasteiger partial charge in [0.25, 0.3) is 5.56 Å². The van der Waals surface area contributed by atoms with E-state index in [1.807, 2.05) is 28.8 Å². The molecule has 3 atom stereocenters. The van der Waals surface area contributed by atoms with Crippen molar-refractivity contribution in [2.45, 2.75) is 102 Å². The molecule has 0 N–H and O–H groups in total. The minimum Gasteiger partial charge on any atom is -0.461 e. The highest BCUT2D eigenvalue weighted by atomic mass is 16.5. The van der Waals surface area contributed by atoms with Gasteiger partial charge in [-0.05, 0) is 64.1 Å². The second-order valence-corrected chi connectivity index (χ2v) is 10.8. The van der Waals surface area contributed by atoms with Crippen LogP contribution in [0, 0.1) is 5.92 Å². The molecule has 34 heavy (non-hydrogen) atoms. The first-order valence-electron chi connectivity index (χ1n) is 13.5. The number of benzene rings is 1. The van der Waals surface area contributed by atoms with Gasteiger partial charge in [0, 0.05) is 12.1 Å². The van der Waals surface area contributed by atoms with E-state index in [-0.39, 0.29) is 23.4 Å². The number of hydrogen-bond acceptors (Lipinski definition) is 5. The quantitative estimate of drug-likeness (QED) is 0.575. The zero-order valence-corrected chi connectivity index (χ0v) is 20.8. The maximum Gasteiger partial charge on any atom is 0.362 e. The van der Waals surface area contributed by atoms with Crippen molar-refractivity contribution in [3.05, 3.63) is 40.3 Å². The largest absolute Gasteiger partial charge is 0.461 e. The monoisotopic (exact) mass is 465 g/mol. The summed E-state index contributed by atoms with van der Waals surface area (Å²) in [5.41, 5.74) is 0.786. The van der Waals surface area contributed by atoms with Crippen molar-refractivity contribution in [2.24, 2.45) is 5.92 Å². The molecule has 1 unspecified atom stereocenters. The molecule has 0 amide bonds. The van der Waals surface area contributed by atoms with E-state index < -0.39 is 5.97 Å². The summed E-state index contributed by atoms with van der Waals surface area (Å²) in [5, 5.41) is 0.